The lowest BCUT2D eigenvalue weighted by molar-refractivity contribution is -0.894. The van der Waals surface area contributed by atoms with E-state index in [1.165, 1.54) is 65.2 Å². The van der Waals surface area contributed by atoms with Crippen molar-refractivity contribution in [3.8, 4) is 0 Å². The van der Waals surface area contributed by atoms with Gasteiger partial charge in [0.25, 0.3) is 0 Å². The molecule has 7 unspecified atom stereocenters. The van der Waals surface area contributed by atoms with Gasteiger partial charge in [0.15, 0.2) is 0 Å². The third kappa shape index (κ3) is 6.40. The van der Waals surface area contributed by atoms with Crippen molar-refractivity contribution in [1.82, 2.24) is 25.8 Å². The Morgan fingerprint density at radius 1 is 0.743 bits per heavy atom. The van der Waals surface area contributed by atoms with E-state index in [0.29, 0.717) is 36.3 Å². The Bertz CT molecular complexity index is 723. The SMILES string of the molecule is C[N+]1(C)CCN(C2C=CNC(C3CC(O)CC(C4CC(N5CC[N+](C)(C)CC5)CCN4)N3)C2)CC1. The molecular formula is C27H53N7O+2. The van der Waals surface area contributed by atoms with Crippen LogP contribution in [0.4, 0.5) is 0 Å². The van der Waals surface area contributed by atoms with Gasteiger partial charge in [-0.05, 0) is 44.8 Å². The number of piperazine rings is 2. The Morgan fingerprint density at radius 2 is 1.34 bits per heavy atom. The van der Waals surface area contributed by atoms with Gasteiger partial charge in [-0.25, -0.2) is 0 Å². The quantitative estimate of drug-likeness (QED) is 0.402. The van der Waals surface area contributed by atoms with Crippen molar-refractivity contribution in [2.24, 2.45) is 0 Å². The summed E-state index contributed by atoms with van der Waals surface area (Å²) >= 11 is 0. The first-order chi connectivity index (χ1) is 16.7. The molecule has 4 N–H and O–H groups in total. The number of likely N-dealkylation sites (N-methyl/N-ethyl adjacent to an activating group) is 2. The molecule has 5 heterocycles. The van der Waals surface area contributed by atoms with E-state index in [1.54, 1.807) is 0 Å². The fraction of sp³-hybridized carbons (Fsp3) is 0.926. The molecule has 0 aromatic heterocycles. The molecule has 0 radical (unpaired) electrons. The molecule has 8 nitrogen and oxygen atoms in total. The van der Waals surface area contributed by atoms with Gasteiger partial charge in [0.1, 0.15) is 0 Å². The van der Waals surface area contributed by atoms with Gasteiger partial charge in [-0.3, -0.25) is 9.80 Å². The number of hydrogen-bond donors (Lipinski definition) is 4. The maximum atomic E-state index is 10.9. The van der Waals surface area contributed by atoms with Crippen molar-refractivity contribution in [2.75, 3.05) is 87.1 Å². The Morgan fingerprint density at radius 3 is 2.00 bits per heavy atom. The van der Waals surface area contributed by atoms with E-state index in [-0.39, 0.29) is 6.10 Å². The minimum absolute atomic E-state index is 0.208. The fourth-order valence-corrected chi connectivity index (χ4v) is 7.21. The molecular weight excluding hydrogens is 438 g/mol. The highest BCUT2D eigenvalue weighted by atomic mass is 16.3. The third-order valence-corrected chi connectivity index (χ3v) is 9.94. The molecule has 0 aromatic rings. The van der Waals surface area contributed by atoms with E-state index in [4.69, 9.17) is 0 Å². The smallest absolute Gasteiger partial charge is 0.0912 e. The summed E-state index contributed by atoms with van der Waals surface area (Å²) in [5.74, 6) is 0. The van der Waals surface area contributed by atoms with Crippen molar-refractivity contribution in [2.45, 2.75) is 74.5 Å². The van der Waals surface area contributed by atoms with E-state index in [2.05, 4.69) is 66.2 Å². The number of rotatable bonds is 4. The summed E-state index contributed by atoms with van der Waals surface area (Å²) in [4.78, 5) is 5.43. The number of nitrogens with one attached hydrogen (secondary N) is 3. The average Bonchev–Trinajstić information content (AvgIpc) is 2.84. The Balaban J connectivity index is 1.17. The zero-order valence-corrected chi connectivity index (χ0v) is 22.8. The van der Waals surface area contributed by atoms with E-state index in [0.717, 1.165) is 34.8 Å². The molecule has 0 aliphatic carbocycles. The summed E-state index contributed by atoms with van der Waals surface area (Å²) in [5, 5.41) is 22.5. The number of piperidine rings is 2. The predicted octanol–water partition coefficient (Wildman–Crippen LogP) is -0.383. The molecule has 0 spiro atoms. The van der Waals surface area contributed by atoms with Gasteiger partial charge in [-0.1, -0.05) is 6.08 Å². The highest BCUT2D eigenvalue weighted by molar-refractivity contribution is 5.07. The number of aliphatic hydroxyl groups is 1. The van der Waals surface area contributed by atoms with Crippen LogP contribution in [0.3, 0.4) is 0 Å². The van der Waals surface area contributed by atoms with Gasteiger partial charge in [0, 0.05) is 62.4 Å². The zero-order chi connectivity index (χ0) is 24.6. The maximum absolute atomic E-state index is 10.9. The second kappa shape index (κ2) is 10.6. The highest BCUT2D eigenvalue weighted by Crippen LogP contribution is 2.28. The molecule has 0 amide bonds. The van der Waals surface area contributed by atoms with Gasteiger partial charge >= 0.3 is 0 Å². The van der Waals surface area contributed by atoms with Crippen molar-refractivity contribution in [3.63, 3.8) is 0 Å². The lowest BCUT2D eigenvalue weighted by Crippen LogP contribution is -2.65. The maximum Gasteiger partial charge on any atom is 0.0912 e. The number of nitrogens with zero attached hydrogens (tertiary/aromatic N) is 4. The molecule has 5 rings (SSSR count). The van der Waals surface area contributed by atoms with Crippen molar-refractivity contribution in [3.05, 3.63) is 12.3 Å². The Kier molecular flexibility index (Phi) is 7.81. The summed E-state index contributed by atoms with van der Waals surface area (Å²) in [7, 11) is 9.42. The standard InChI is InChI=1S/C27H53N7O/c1-33(2)13-9-31(10-14-33)21-5-7-28-24(17-21)26-19-23(35)20-27(30-26)25-18-22(6-8-29-25)32-11-15-34(3,4)16-12-32/h5,7,21-30,35H,6,8-20H2,1-4H3/q+2. The molecule has 200 valence electrons. The largest absolute Gasteiger partial charge is 0.393 e. The number of hydrogen-bond acceptors (Lipinski definition) is 6. The number of aliphatic hydroxyl groups excluding tert-OH is 1. The molecule has 4 saturated heterocycles. The van der Waals surface area contributed by atoms with Gasteiger partial charge in [-0.2, -0.15) is 0 Å². The molecule has 7 atom stereocenters. The third-order valence-electron chi connectivity index (χ3n) is 9.94. The van der Waals surface area contributed by atoms with Crippen molar-refractivity contribution < 1.29 is 14.1 Å². The van der Waals surface area contributed by atoms with Gasteiger partial charge in [0.05, 0.1) is 60.5 Å². The van der Waals surface area contributed by atoms with Crippen LogP contribution in [0, 0.1) is 0 Å². The molecule has 0 saturated carbocycles. The monoisotopic (exact) mass is 491 g/mol. The van der Waals surface area contributed by atoms with Crippen LogP contribution in [-0.2, 0) is 0 Å². The van der Waals surface area contributed by atoms with E-state index in [1.807, 2.05) is 0 Å². The molecule has 0 bridgehead atoms. The Labute approximate surface area is 213 Å². The van der Waals surface area contributed by atoms with E-state index in [9.17, 15) is 5.11 Å². The van der Waals surface area contributed by atoms with Gasteiger partial charge < -0.3 is 30.0 Å². The first-order valence-corrected chi connectivity index (χ1v) is 14.4. The Hall–Kier alpha value is -0.740. The summed E-state index contributed by atoms with van der Waals surface area (Å²) < 4.78 is 2.29. The molecule has 8 heteroatoms. The second-order valence-electron chi connectivity index (χ2n) is 13.5. The van der Waals surface area contributed by atoms with Crippen molar-refractivity contribution in [1.29, 1.82) is 0 Å². The summed E-state index contributed by atoms with van der Waals surface area (Å²) in [6.45, 7) is 10.9. The molecule has 4 fully saturated rings. The van der Waals surface area contributed by atoms with Crippen LogP contribution < -0.4 is 16.0 Å². The first kappa shape index (κ1) is 25.9. The van der Waals surface area contributed by atoms with Crippen LogP contribution in [0.2, 0.25) is 0 Å². The van der Waals surface area contributed by atoms with Crippen LogP contribution in [0.25, 0.3) is 0 Å². The molecule has 5 aliphatic heterocycles. The van der Waals surface area contributed by atoms with Gasteiger partial charge in [0.2, 0.25) is 0 Å². The average molecular weight is 492 g/mol. The van der Waals surface area contributed by atoms with E-state index >= 15 is 0 Å². The van der Waals surface area contributed by atoms with Crippen LogP contribution in [0.15, 0.2) is 12.3 Å². The molecule has 35 heavy (non-hydrogen) atoms. The summed E-state index contributed by atoms with van der Waals surface area (Å²) in [5.41, 5.74) is 0. The second-order valence-corrected chi connectivity index (χ2v) is 13.5. The minimum atomic E-state index is -0.208. The normalized spacial score (nSPS) is 42.9. The first-order valence-electron chi connectivity index (χ1n) is 14.4. The summed E-state index contributed by atoms with van der Waals surface area (Å²) in [6.07, 6.45) is 9.66. The fourth-order valence-electron chi connectivity index (χ4n) is 7.21. The zero-order valence-electron chi connectivity index (χ0n) is 22.8. The minimum Gasteiger partial charge on any atom is -0.393 e. The van der Waals surface area contributed by atoms with Crippen LogP contribution in [0.5, 0.6) is 0 Å². The lowest BCUT2D eigenvalue weighted by Gasteiger charge is -2.48. The van der Waals surface area contributed by atoms with Crippen LogP contribution >= 0.6 is 0 Å². The van der Waals surface area contributed by atoms with Crippen LogP contribution in [-0.4, -0.2) is 153 Å². The summed E-state index contributed by atoms with van der Waals surface area (Å²) in [6, 6.07) is 2.70. The number of quaternary nitrogens is 2. The van der Waals surface area contributed by atoms with Crippen LogP contribution in [0.1, 0.15) is 32.1 Å². The lowest BCUT2D eigenvalue weighted by atomic mass is 9.82. The molecule has 5 aliphatic rings. The van der Waals surface area contributed by atoms with E-state index < -0.39 is 0 Å². The predicted molar refractivity (Wildman–Crippen MR) is 142 cm³/mol. The molecule has 0 aromatic carbocycles. The van der Waals surface area contributed by atoms with Gasteiger partial charge in [-0.15, -0.1) is 0 Å². The highest BCUT2D eigenvalue weighted by Gasteiger charge is 2.41. The van der Waals surface area contributed by atoms with Crippen molar-refractivity contribution >= 4 is 0 Å². The topological polar surface area (TPSA) is 62.8 Å².